The average molecular weight is 324 g/mol. The summed E-state index contributed by atoms with van der Waals surface area (Å²) in [6.07, 6.45) is 0.110. The number of nitrogens with zero attached hydrogens (tertiary/aromatic N) is 2. The molecule has 0 saturated heterocycles. The molecule has 0 atom stereocenters. The van der Waals surface area contributed by atoms with Crippen molar-refractivity contribution in [2.24, 2.45) is 5.92 Å². The van der Waals surface area contributed by atoms with Crippen molar-refractivity contribution in [1.82, 2.24) is 9.78 Å². The third kappa shape index (κ3) is 6.42. The molecule has 0 aliphatic carbocycles. The second-order valence-corrected chi connectivity index (χ2v) is 7.15. The van der Waals surface area contributed by atoms with Gasteiger partial charge in [-0.1, -0.05) is 13.8 Å². The molecule has 130 valence electrons. The molecule has 0 bridgehead atoms. The smallest absolute Gasteiger partial charge is 0.344 e. The van der Waals surface area contributed by atoms with Gasteiger partial charge in [0.15, 0.2) is 6.61 Å². The SMILES string of the molecule is Cc1nn(CC(C)C)c(C)c1CC(=O)OCC(=O)OC(C)(C)C. The first-order chi connectivity index (χ1) is 10.5. The first kappa shape index (κ1) is 19.2. The molecule has 0 unspecified atom stereocenters. The number of ether oxygens (including phenoxy) is 2. The van der Waals surface area contributed by atoms with Crippen molar-refractivity contribution < 1.29 is 19.1 Å². The predicted molar refractivity (Wildman–Crippen MR) is 87.0 cm³/mol. The van der Waals surface area contributed by atoms with Gasteiger partial charge in [0.2, 0.25) is 0 Å². The Balaban J connectivity index is 2.61. The molecule has 0 radical (unpaired) electrons. The molecule has 6 heteroatoms. The van der Waals surface area contributed by atoms with Crippen LogP contribution < -0.4 is 0 Å². The number of aryl methyl sites for hydroxylation is 1. The van der Waals surface area contributed by atoms with E-state index in [0.717, 1.165) is 23.5 Å². The number of esters is 2. The molecule has 1 heterocycles. The Morgan fingerprint density at radius 3 is 2.30 bits per heavy atom. The van der Waals surface area contributed by atoms with Crippen LogP contribution in [-0.2, 0) is 32.0 Å². The minimum atomic E-state index is -0.589. The molecule has 23 heavy (non-hydrogen) atoms. The molecule has 1 rings (SSSR count). The van der Waals surface area contributed by atoms with Crippen molar-refractivity contribution in [2.45, 2.75) is 67.0 Å². The van der Waals surface area contributed by atoms with Gasteiger partial charge < -0.3 is 9.47 Å². The van der Waals surface area contributed by atoms with Crippen LogP contribution in [0.25, 0.3) is 0 Å². The number of carbonyl (C=O) groups excluding carboxylic acids is 2. The zero-order valence-electron chi connectivity index (χ0n) is 15.2. The van der Waals surface area contributed by atoms with Gasteiger partial charge in [0.05, 0.1) is 12.1 Å². The van der Waals surface area contributed by atoms with Crippen molar-refractivity contribution in [3.05, 3.63) is 17.0 Å². The molecule has 0 amide bonds. The quantitative estimate of drug-likeness (QED) is 0.752. The van der Waals surface area contributed by atoms with Crippen LogP contribution in [-0.4, -0.2) is 33.9 Å². The molecule has 0 spiro atoms. The molecule has 0 aromatic carbocycles. The van der Waals surface area contributed by atoms with Gasteiger partial charge in [-0.15, -0.1) is 0 Å². The lowest BCUT2D eigenvalue weighted by atomic mass is 10.1. The molecule has 1 aromatic heterocycles. The maximum absolute atomic E-state index is 12.0. The maximum atomic E-state index is 12.0. The fourth-order valence-corrected chi connectivity index (χ4v) is 2.22. The van der Waals surface area contributed by atoms with Crippen molar-refractivity contribution in [3.63, 3.8) is 0 Å². The zero-order valence-corrected chi connectivity index (χ0v) is 15.2. The van der Waals surface area contributed by atoms with Crippen molar-refractivity contribution in [2.75, 3.05) is 6.61 Å². The van der Waals surface area contributed by atoms with Gasteiger partial charge in [0.1, 0.15) is 5.60 Å². The Bertz CT molecular complexity index is 568. The molecule has 0 N–H and O–H groups in total. The van der Waals surface area contributed by atoms with Gasteiger partial charge in [0, 0.05) is 17.8 Å². The largest absolute Gasteiger partial charge is 0.457 e. The van der Waals surface area contributed by atoms with Crippen LogP contribution >= 0.6 is 0 Å². The van der Waals surface area contributed by atoms with Crippen LogP contribution in [0, 0.1) is 19.8 Å². The van der Waals surface area contributed by atoms with E-state index in [2.05, 4.69) is 18.9 Å². The fourth-order valence-electron chi connectivity index (χ4n) is 2.22. The van der Waals surface area contributed by atoms with Crippen molar-refractivity contribution in [1.29, 1.82) is 0 Å². The summed E-state index contributed by atoms with van der Waals surface area (Å²) in [5.74, 6) is -0.527. The van der Waals surface area contributed by atoms with Gasteiger partial charge in [-0.3, -0.25) is 9.48 Å². The third-order valence-corrected chi connectivity index (χ3v) is 3.16. The Kier molecular flexibility index (Phi) is 6.36. The summed E-state index contributed by atoms with van der Waals surface area (Å²) in [5, 5.41) is 4.46. The summed E-state index contributed by atoms with van der Waals surface area (Å²) in [6.45, 7) is 13.8. The molecule has 6 nitrogen and oxygen atoms in total. The van der Waals surface area contributed by atoms with Crippen molar-refractivity contribution >= 4 is 11.9 Å². The molecule has 0 fully saturated rings. The van der Waals surface area contributed by atoms with E-state index in [1.54, 1.807) is 20.8 Å². The second kappa shape index (κ2) is 7.62. The number of hydrogen-bond acceptors (Lipinski definition) is 5. The molecule has 0 aliphatic heterocycles. The molecule has 0 saturated carbocycles. The molecule has 1 aromatic rings. The zero-order chi connectivity index (χ0) is 17.8. The summed E-state index contributed by atoms with van der Waals surface area (Å²) in [6, 6.07) is 0. The van der Waals surface area contributed by atoms with Gasteiger partial charge in [-0.2, -0.15) is 5.10 Å². The first-order valence-electron chi connectivity index (χ1n) is 7.90. The Morgan fingerprint density at radius 2 is 1.78 bits per heavy atom. The number of hydrogen-bond donors (Lipinski definition) is 0. The van der Waals surface area contributed by atoms with Crippen LogP contribution in [0.1, 0.15) is 51.6 Å². The molecule has 0 aliphatic rings. The lowest BCUT2D eigenvalue weighted by Gasteiger charge is -2.19. The highest BCUT2D eigenvalue weighted by molar-refractivity contribution is 5.78. The highest BCUT2D eigenvalue weighted by atomic mass is 16.6. The number of aromatic nitrogens is 2. The normalized spacial score (nSPS) is 11.7. The van der Waals surface area contributed by atoms with Crippen molar-refractivity contribution in [3.8, 4) is 0 Å². The Hall–Kier alpha value is -1.85. The Labute approximate surface area is 138 Å². The monoisotopic (exact) mass is 324 g/mol. The standard InChI is InChI=1S/C17H28N2O4/c1-11(2)9-19-13(4)14(12(3)18-19)8-15(20)22-10-16(21)23-17(5,6)7/h11H,8-10H2,1-7H3. The first-order valence-corrected chi connectivity index (χ1v) is 7.90. The summed E-state index contributed by atoms with van der Waals surface area (Å²) in [4.78, 5) is 23.5. The van der Waals surface area contributed by atoms with Gasteiger partial charge in [-0.05, 0) is 40.5 Å². The Morgan fingerprint density at radius 1 is 1.17 bits per heavy atom. The molecular formula is C17H28N2O4. The second-order valence-electron chi connectivity index (χ2n) is 7.15. The number of carbonyl (C=O) groups is 2. The number of rotatable bonds is 6. The summed E-state index contributed by atoms with van der Waals surface area (Å²) >= 11 is 0. The summed E-state index contributed by atoms with van der Waals surface area (Å²) in [5.41, 5.74) is 2.05. The maximum Gasteiger partial charge on any atom is 0.344 e. The van der Waals surface area contributed by atoms with Gasteiger partial charge in [0.25, 0.3) is 0 Å². The highest BCUT2D eigenvalue weighted by Crippen LogP contribution is 2.16. The van der Waals surface area contributed by atoms with Gasteiger partial charge >= 0.3 is 11.9 Å². The van der Waals surface area contributed by atoms with E-state index in [1.165, 1.54) is 0 Å². The van der Waals surface area contributed by atoms with E-state index < -0.39 is 17.5 Å². The highest BCUT2D eigenvalue weighted by Gasteiger charge is 2.20. The fraction of sp³-hybridized carbons (Fsp3) is 0.706. The topological polar surface area (TPSA) is 70.4 Å². The lowest BCUT2D eigenvalue weighted by Crippen LogP contribution is -2.27. The third-order valence-electron chi connectivity index (χ3n) is 3.16. The van der Waals surface area contributed by atoms with Crippen LogP contribution in [0.15, 0.2) is 0 Å². The van der Waals surface area contributed by atoms with Gasteiger partial charge in [-0.25, -0.2) is 4.79 Å². The summed E-state index contributed by atoms with van der Waals surface area (Å²) in [7, 11) is 0. The minimum Gasteiger partial charge on any atom is -0.457 e. The average Bonchev–Trinajstić information content (AvgIpc) is 2.61. The summed E-state index contributed by atoms with van der Waals surface area (Å²) < 4.78 is 12.0. The van der Waals surface area contributed by atoms with Crippen LogP contribution in [0.5, 0.6) is 0 Å². The van der Waals surface area contributed by atoms with E-state index in [1.807, 2.05) is 18.5 Å². The van der Waals surface area contributed by atoms with E-state index >= 15 is 0 Å². The van der Waals surface area contributed by atoms with E-state index in [0.29, 0.717) is 5.92 Å². The minimum absolute atomic E-state index is 0.110. The lowest BCUT2D eigenvalue weighted by molar-refractivity contribution is -0.166. The predicted octanol–water partition coefficient (Wildman–Crippen LogP) is 2.58. The van der Waals surface area contributed by atoms with Crippen LogP contribution in [0.4, 0.5) is 0 Å². The van der Waals surface area contributed by atoms with Crippen LogP contribution in [0.2, 0.25) is 0 Å². The van der Waals surface area contributed by atoms with E-state index in [-0.39, 0.29) is 13.0 Å². The molecular weight excluding hydrogens is 296 g/mol. The van der Waals surface area contributed by atoms with Crippen LogP contribution in [0.3, 0.4) is 0 Å². The van der Waals surface area contributed by atoms with E-state index in [4.69, 9.17) is 9.47 Å². The van der Waals surface area contributed by atoms with E-state index in [9.17, 15) is 9.59 Å².